The lowest BCUT2D eigenvalue weighted by molar-refractivity contribution is -0.123. The molecule has 1 amide bonds. The van der Waals surface area contributed by atoms with Gasteiger partial charge in [-0.15, -0.1) is 0 Å². The molecule has 22 heavy (non-hydrogen) atoms. The SMILES string of the molecule is [B]C(=O)N1[C@@H](CC)[C@@H](CC2CC=CCC2C(C)=O)OC1(C)C. The van der Waals surface area contributed by atoms with Crippen molar-refractivity contribution in [2.75, 3.05) is 0 Å². The van der Waals surface area contributed by atoms with E-state index in [0.717, 1.165) is 25.7 Å². The van der Waals surface area contributed by atoms with Crippen LogP contribution in [0.5, 0.6) is 0 Å². The summed E-state index contributed by atoms with van der Waals surface area (Å²) < 4.78 is 6.15. The van der Waals surface area contributed by atoms with E-state index >= 15 is 0 Å². The Morgan fingerprint density at radius 3 is 2.50 bits per heavy atom. The number of carbonyl (C=O) groups is 2. The third kappa shape index (κ3) is 3.29. The monoisotopic (exact) mass is 303 g/mol. The van der Waals surface area contributed by atoms with Crippen LogP contribution in [0.4, 0.5) is 4.79 Å². The van der Waals surface area contributed by atoms with Crippen molar-refractivity contribution in [3.05, 3.63) is 12.2 Å². The maximum absolute atomic E-state index is 11.9. The summed E-state index contributed by atoms with van der Waals surface area (Å²) in [6.07, 6.45) is 7.48. The normalized spacial score (nSPS) is 33.9. The van der Waals surface area contributed by atoms with Gasteiger partial charge < -0.3 is 9.64 Å². The lowest BCUT2D eigenvalue weighted by atomic mass is 9.77. The van der Waals surface area contributed by atoms with Crippen molar-refractivity contribution in [1.29, 1.82) is 0 Å². The van der Waals surface area contributed by atoms with Crippen molar-refractivity contribution in [2.24, 2.45) is 11.8 Å². The van der Waals surface area contributed by atoms with Gasteiger partial charge in [0.15, 0.2) is 5.81 Å². The van der Waals surface area contributed by atoms with E-state index in [4.69, 9.17) is 12.6 Å². The number of hydrogen-bond donors (Lipinski definition) is 0. The highest BCUT2D eigenvalue weighted by molar-refractivity contribution is 6.57. The zero-order valence-electron chi connectivity index (χ0n) is 14.0. The van der Waals surface area contributed by atoms with Gasteiger partial charge in [-0.1, -0.05) is 19.1 Å². The molecule has 2 unspecified atom stereocenters. The van der Waals surface area contributed by atoms with Gasteiger partial charge in [0.05, 0.1) is 12.1 Å². The van der Waals surface area contributed by atoms with E-state index < -0.39 is 11.5 Å². The fraction of sp³-hybridized carbons (Fsp3) is 0.765. The highest BCUT2D eigenvalue weighted by Gasteiger charge is 2.48. The zero-order chi connectivity index (χ0) is 16.5. The smallest absolute Gasteiger partial charge is 0.200 e. The number of ether oxygens (including phenoxy) is 1. The van der Waals surface area contributed by atoms with E-state index in [1.165, 1.54) is 0 Å². The standard InChI is InChI=1S/C17H26BNO3/c1-5-14-15(22-17(3,4)19(14)16(18)21)10-12-8-6-7-9-13(12)11(2)20/h6-7,12-15H,5,8-10H2,1-4H3/t12?,13?,14-,15+/m0/s1. The molecular weight excluding hydrogens is 277 g/mol. The summed E-state index contributed by atoms with van der Waals surface area (Å²) in [5.41, 5.74) is -0.687. The largest absolute Gasteiger partial charge is 0.351 e. The Morgan fingerprint density at radius 1 is 1.32 bits per heavy atom. The summed E-state index contributed by atoms with van der Waals surface area (Å²) in [6.45, 7) is 7.47. The first-order valence-corrected chi connectivity index (χ1v) is 8.20. The second-order valence-electron chi connectivity index (χ2n) is 6.94. The number of amides is 1. The minimum absolute atomic E-state index is 0.0222. The van der Waals surface area contributed by atoms with Crippen LogP contribution in [0.3, 0.4) is 0 Å². The minimum Gasteiger partial charge on any atom is -0.351 e. The molecule has 0 bridgehead atoms. The van der Waals surface area contributed by atoms with Crippen LogP contribution in [-0.4, -0.2) is 42.2 Å². The minimum atomic E-state index is -0.687. The molecule has 2 radical (unpaired) electrons. The maximum Gasteiger partial charge on any atom is 0.200 e. The van der Waals surface area contributed by atoms with Gasteiger partial charge in [-0.2, -0.15) is 0 Å². The first-order valence-electron chi connectivity index (χ1n) is 8.20. The molecule has 0 aromatic rings. The predicted molar refractivity (Wildman–Crippen MR) is 86.7 cm³/mol. The summed E-state index contributed by atoms with van der Waals surface area (Å²) in [5, 5.41) is 0. The van der Waals surface area contributed by atoms with Gasteiger partial charge in [-0.3, -0.25) is 9.59 Å². The Hall–Kier alpha value is -1.10. The lowest BCUT2D eigenvalue weighted by Gasteiger charge is -2.33. The van der Waals surface area contributed by atoms with E-state index in [9.17, 15) is 9.59 Å². The van der Waals surface area contributed by atoms with E-state index in [2.05, 4.69) is 12.2 Å². The Labute approximate surface area is 134 Å². The van der Waals surface area contributed by atoms with Gasteiger partial charge in [0.1, 0.15) is 11.5 Å². The van der Waals surface area contributed by atoms with Crippen molar-refractivity contribution < 1.29 is 14.3 Å². The first-order chi connectivity index (χ1) is 10.3. The van der Waals surface area contributed by atoms with E-state index in [0.29, 0.717) is 0 Å². The number of Topliss-reactive ketones (excluding diaryl/α,β-unsaturated/α-hetero) is 1. The van der Waals surface area contributed by atoms with Crippen LogP contribution in [0.2, 0.25) is 0 Å². The van der Waals surface area contributed by atoms with Crippen LogP contribution in [0.15, 0.2) is 12.2 Å². The molecule has 120 valence electrons. The lowest BCUT2D eigenvalue weighted by Crippen LogP contribution is -2.47. The second-order valence-corrected chi connectivity index (χ2v) is 6.94. The zero-order valence-corrected chi connectivity index (χ0v) is 14.0. The van der Waals surface area contributed by atoms with Crippen LogP contribution in [0.1, 0.15) is 53.4 Å². The molecule has 1 saturated heterocycles. The molecule has 0 aromatic carbocycles. The summed E-state index contributed by atoms with van der Waals surface area (Å²) in [6, 6.07) is -0.0222. The Balaban J connectivity index is 2.16. The van der Waals surface area contributed by atoms with Crippen molar-refractivity contribution in [1.82, 2.24) is 4.90 Å². The molecule has 1 aliphatic heterocycles. The molecular formula is C17H26BNO3. The predicted octanol–water partition coefficient (Wildman–Crippen LogP) is 3.05. The quantitative estimate of drug-likeness (QED) is 0.592. The maximum atomic E-state index is 11.9. The number of hydrogen-bond acceptors (Lipinski definition) is 3. The Kier molecular flexibility index (Phi) is 5.16. The number of carbonyl (C=O) groups excluding carboxylic acids is 2. The van der Waals surface area contributed by atoms with Crippen LogP contribution in [0.25, 0.3) is 0 Å². The van der Waals surface area contributed by atoms with Gasteiger partial charge in [0.2, 0.25) is 7.85 Å². The summed E-state index contributed by atoms with van der Waals surface area (Å²) >= 11 is 0. The molecule has 2 aliphatic rings. The molecule has 1 aliphatic carbocycles. The highest BCUT2D eigenvalue weighted by Crippen LogP contribution is 2.39. The first kappa shape index (κ1) is 17.3. The Morgan fingerprint density at radius 2 is 1.95 bits per heavy atom. The van der Waals surface area contributed by atoms with Crippen molar-refractivity contribution >= 4 is 19.4 Å². The van der Waals surface area contributed by atoms with Crippen LogP contribution >= 0.6 is 0 Å². The molecule has 4 nitrogen and oxygen atoms in total. The highest BCUT2D eigenvalue weighted by atomic mass is 16.5. The van der Waals surface area contributed by atoms with Crippen LogP contribution in [-0.2, 0) is 9.53 Å². The third-order valence-electron chi connectivity index (χ3n) is 5.06. The fourth-order valence-corrected chi connectivity index (χ4v) is 4.08. The third-order valence-corrected chi connectivity index (χ3v) is 5.06. The molecule has 1 heterocycles. The summed E-state index contributed by atoms with van der Waals surface area (Å²) in [5.74, 6) is 0.152. The van der Waals surface area contributed by atoms with E-state index in [-0.39, 0.29) is 29.8 Å². The van der Waals surface area contributed by atoms with E-state index in [1.54, 1.807) is 11.8 Å². The van der Waals surface area contributed by atoms with Gasteiger partial charge in [0, 0.05) is 5.92 Å². The van der Waals surface area contributed by atoms with Crippen molar-refractivity contribution in [3.63, 3.8) is 0 Å². The average molecular weight is 303 g/mol. The molecule has 4 atom stereocenters. The molecule has 0 saturated carbocycles. The van der Waals surface area contributed by atoms with Gasteiger partial charge in [-0.25, -0.2) is 0 Å². The number of allylic oxidation sites excluding steroid dienone is 2. The number of ketones is 1. The van der Waals surface area contributed by atoms with Crippen molar-refractivity contribution in [3.8, 4) is 0 Å². The second kappa shape index (κ2) is 6.57. The number of nitrogens with zero attached hydrogens (tertiary/aromatic N) is 1. The molecule has 0 N–H and O–H groups in total. The molecule has 5 heteroatoms. The fourth-order valence-electron chi connectivity index (χ4n) is 4.08. The van der Waals surface area contributed by atoms with Crippen LogP contribution in [0, 0.1) is 11.8 Å². The topological polar surface area (TPSA) is 46.6 Å². The van der Waals surface area contributed by atoms with Gasteiger partial charge >= 0.3 is 0 Å². The molecule has 1 fully saturated rings. The van der Waals surface area contributed by atoms with Gasteiger partial charge in [-0.05, 0) is 52.4 Å². The van der Waals surface area contributed by atoms with Crippen molar-refractivity contribution in [2.45, 2.75) is 71.2 Å². The summed E-state index contributed by atoms with van der Waals surface area (Å²) in [7, 11) is 5.55. The number of rotatable bonds is 4. The molecule has 0 aromatic heterocycles. The Bertz CT molecular complexity index is 475. The average Bonchev–Trinajstić information content (AvgIpc) is 2.69. The van der Waals surface area contributed by atoms with Crippen LogP contribution < -0.4 is 0 Å². The van der Waals surface area contributed by atoms with E-state index in [1.807, 2.05) is 20.8 Å². The summed E-state index contributed by atoms with van der Waals surface area (Å²) in [4.78, 5) is 25.3. The molecule has 0 spiro atoms. The molecule has 2 rings (SSSR count). The van der Waals surface area contributed by atoms with Gasteiger partial charge in [0.25, 0.3) is 0 Å².